The Morgan fingerprint density at radius 3 is 2.36 bits per heavy atom. The van der Waals surface area contributed by atoms with Crippen molar-refractivity contribution in [1.29, 1.82) is 0 Å². The van der Waals surface area contributed by atoms with E-state index in [4.69, 9.17) is 0 Å². The fourth-order valence-corrected chi connectivity index (χ4v) is 1.22. The quantitative estimate of drug-likeness (QED) is 0.889. The van der Waals surface area contributed by atoms with Gasteiger partial charge in [0.1, 0.15) is 0 Å². The Morgan fingerprint density at radius 2 is 1.93 bits per heavy atom. The molecule has 1 aromatic rings. The van der Waals surface area contributed by atoms with Gasteiger partial charge in [0, 0.05) is 36.5 Å². The zero-order chi connectivity index (χ0) is 10.6. The molecule has 76 valence electrons. The van der Waals surface area contributed by atoms with E-state index in [1.54, 1.807) is 0 Å². The van der Waals surface area contributed by atoms with Gasteiger partial charge in [-0.15, -0.1) is 0 Å². The van der Waals surface area contributed by atoms with E-state index in [0.29, 0.717) is 0 Å². The topological polar surface area (TPSA) is 15.3 Å². The average Bonchev–Trinajstić information content (AvgIpc) is 2.15. The maximum absolute atomic E-state index is 3.76. The van der Waals surface area contributed by atoms with Crippen LogP contribution in [0.5, 0.6) is 0 Å². The second kappa shape index (κ2) is 5.05. The number of rotatable bonds is 4. The average molecular weight is 255 g/mol. The number of benzene rings is 1. The van der Waals surface area contributed by atoms with Crippen LogP contribution in [0.25, 0.3) is 0 Å². The van der Waals surface area contributed by atoms with Gasteiger partial charge in [-0.25, -0.2) is 0 Å². The Kier molecular flexibility index (Phi) is 4.01. The molecule has 0 fully saturated rings. The molecule has 0 amide bonds. The molecule has 0 atom stereocenters. The monoisotopic (exact) mass is 254 g/mol. The summed E-state index contributed by atoms with van der Waals surface area (Å²) in [5.74, 6) is 0. The van der Waals surface area contributed by atoms with E-state index >= 15 is 0 Å². The first kappa shape index (κ1) is 11.1. The van der Waals surface area contributed by atoms with Crippen LogP contribution in [-0.2, 0) is 0 Å². The molecule has 0 radical (unpaired) electrons. The highest BCUT2D eigenvalue weighted by Gasteiger charge is 1.95. The lowest BCUT2D eigenvalue weighted by Crippen LogP contribution is -2.08. The third-order valence-electron chi connectivity index (χ3n) is 1.87. The van der Waals surface area contributed by atoms with Gasteiger partial charge in [0.25, 0.3) is 0 Å². The smallest absolute Gasteiger partial charge is 0.0460 e. The molecule has 0 saturated carbocycles. The number of anilines is 2. The van der Waals surface area contributed by atoms with Crippen molar-refractivity contribution in [2.45, 2.75) is 0 Å². The molecular formula is C11H15BrN2. The molecule has 1 aromatic carbocycles. The Bertz CT molecular complexity index is 304. The minimum Gasteiger partial charge on any atom is -0.380 e. The predicted molar refractivity (Wildman–Crippen MR) is 67.3 cm³/mol. The van der Waals surface area contributed by atoms with Gasteiger partial charge in [0.2, 0.25) is 0 Å². The summed E-state index contributed by atoms with van der Waals surface area (Å²) in [6.45, 7) is 4.51. The van der Waals surface area contributed by atoms with Gasteiger partial charge in [-0.2, -0.15) is 0 Å². The van der Waals surface area contributed by atoms with Crippen LogP contribution in [0.2, 0.25) is 0 Å². The summed E-state index contributed by atoms with van der Waals surface area (Å²) in [5.41, 5.74) is 2.31. The fraction of sp³-hybridized carbons (Fsp3) is 0.273. The van der Waals surface area contributed by atoms with Crippen LogP contribution < -0.4 is 10.2 Å². The van der Waals surface area contributed by atoms with Gasteiger partial charge in [-0.1, -0.05) is 22.5 Å². The van der Waals surface area contributed by atoms with E-state index < -0.39 is 0 Å². The zero-order valence-corrected chi connectivity index (χ0v) is 10.1. The highest BCUT2D eigenvalue weighted by molar-refractivity contribution is 9.11. The molecule has 0 aliphatic rings. The second-order valence-corrected chi connectivity index (χ2v) is 4.43. The molecule has 14 heavy (non-hydrogen) atoms. The molecule has 0 aromatic heterocycles. The van der Waals surface area contributed by atoms with Crippen molar-refractivity contribution < 1.29 is 0 Å². The third kappa shape index (κ3) is 3.42. The second-order valence-electron chi connectivity index (χ2n) is 3.31. The highest BCUT2D eigenvalue weighted by Crippen LogP contribution is 2.16. The van der Waals surface area contributed by atoms with Crippen LogP contribution in [-0.4, -0.2) is 20.6 Å². The van der Waals surface area contributed by atoms with E-state index in [2.05, 4.69) is 57.0 Å². The largest absolute Gasteiger partial charge is 0.380 e. The minimum atomic E-state index is 0.751. The maximum atomic E-state index is 3.76. The number of nitrogens with one attached hydrogen (secondary N) is 1. The third-order valence-corrected chi connectivity index (χ3v) is 2.15. The van der Waals surface area contributed by atoms with Crippen molar-refractivity contribution in [2.75, 3.05) is 30.9 Å². The van der Waals surface area contributed by atoms with Crippen molar-refractivity contribution in [3.63, 3.8) is 0 Å². The Morgan fingerprint density at radius 1 is 1.36 bits per heavy atom. The molecule has 1 rings (SSSR count). The minimum absolute atomic E-state index is 0.751. The molecule has 0 aliphatic carbocycles. The summed E-state index contributed by atoms with van der Waals surface area (Å²) in [5, 5.41) is 3.25. The van der Waals surface area contributed by atoms with Gasteiger partial charge in [0.05, 0.1) is 0 Å². The van der Waals surface area contributed by atoms with Crippen molar-refractivity contribution >= 4 is 27.3 Å². The van der Waals surface area contributed by atoms with Crippen molar-refractivity contribution in [2.24, 2.45) is 0 Å². The number of hydrogen-bond acceptors (Lipinski definition) is 2. The normalized spacial score (nSPS) is 9.64. The summed E-state index contributed by atoms with van der Waals surface area (Å²) < 4.78 is 0.953. The first-order chi connectivity index (χ1) is 6.59. The predicted octanol–water partition coefficient (Wildman–Crippen LogP) is 3.07. The summed E-state index contributed by atoms with van der Waals surface area (Å²) in [7, 11) is 4.06. The van der Waals surface area contributed by atoms with Crippen LogP contribution in [0.15, 0.2) is 35.3 Å². The molecule has 2 nitrogen and oxygen atoms in total. The van der Waals surface area contributed by atoms with Crippen molar-refractivity contribution in [3.8, 4) is 0 Å². The summed E-state index contributed by atoms with van der Waals surface area (Å²) in [6, 6.07) is 8.29. The zero-order valence-electron chi connectivity index (χ0n) is 8.55. The van der Waals surface area contributed by atoms with Crippen molar-refractivity contribution in [1.82, 2.24) is 0 Å². The molecule has 3 heteroatoms. The van der Waals surface area contributed by atoms with E-state index in [-0.39, 0.29) is 0 Å². The Balaban J connectivity index is 2.59. The van der Waals surface area contributed by atoms with E-state index in [0.717, 1.165) is 16.7 Å². The summed E-state index contributed by atoms with van der Waals surface area (Å²) >= 11 is 3.30. The first-order valence-electron chi connectivity index (χ1n) is 4.44. The molecule has 1 N–H and O–H groups in total. The van der Waals surface area contributed by atoms with Gasteiger partial charge in [0.15, 0.2) is 0 Å². The highest BCUT2D eigenvalue weighted by atomic mass is 79.9. The first-order valence-corrected chi connectivity index (χ1v) is 5.23. The molecule has 0 aliphatic heterocycles. The van der Waals surface area contributed by atoms with Crippen LogP contribution in [0.4, 0.5) is 11.4 Å². The fourth-order valence-electron chi connectivity index (χ4n) is 1.08. The number of halogens is 1. The van der Waals surface area contributed by atoms with E-state index in [1.165, 1.54) is 5.69 Å². The van der Waals surface area contributed by atoms with E-state index in [9.17, 15) is 0 Å². The SMILES string of the molecule is C=C(Br)CNc1ccc(N(C)C)cc1. The van der Waals surface area contributed by atoms with Crippen LogP contribution >= 0.6 is 15.9 Å². The van der Waals surface area contributed by atoms with Crippen LogP contribution in [0.3, 0.4) is 0 Å². The molecule has 0 spiro atoms. The summed E-state index contributed by atoms with van der Waals surface area (Å²) in [6.07, 6.45) is 0. The molecule has 0 saturated heterocycles. The van der Waals surface area contributed by atoms with E-state index in [1.807, 2.05) is 14.1 Å². The standard InChI is InChI=1S/C11H15BrN2/c1-9(12)8-13-10-4-6-11(7-5-10)14(2)3/h4-7,13H,1,8H2,2-3H3. The lowest BCUT2D eigenvalue weighted by molar-refractivity contribution is 1.13. The van der Waals surface area contributed by atoms with Crippen LogP contribution in [0.1, 0.15) is 0 Å². The van der Waals surface area contributed by atoms with Crippen LogP contribution in [0, 0.1) is 0 Å². The lowest BCUT2D eigenvalue weighted by Gasteiger charge is -2.13. The van der Waals surface area contributed by atoms with Gasteiger partial charge >= 0.3 is 0 Å². The Hall–Kier alpha value is -0.960. The van der Waals surface area contributed by atoms with Crippen molar-refractivity contribution in [3.05, 3.63) is 35.3 Å². The van der Waals surface area contributed by atoms with Gasteiger partial charge in [-0.05, 0) is 24.3 Å². The van der Waals surface area contributed by atoms with Gasteiger partial charge < -0.3 is 10.2 Å². The number of nitrogens with zero attached hydrogens (tertiary/aromatic N) is 1. The van der Waals surface area contributed by atoms with Gasteiger partial charge in [-0.3, -0.25) is 0 Å². The molecule has 0 bridgehead atoms. The maximum Gasteiger partial charge on any atom is 0.0460 e. The Labute approximate surface area is 93.7 Å². The summed E-state index contributed by atoms with van der Waals surface area (Å²) in [4.78, 5) is 2.08. The molecular weight excluding hydrogens is 240 g/mol. The number of hydrogen-bond donors (Lipinski definition) is 1. The molecule has 0 unspecified atom stereocenters. The lowest BCUT2D eigenvalue weighted by atomic mass is 10.2. The molecule has 0 heterocycles.